The Balaban J connectivity index is 1.93. The molecule has 1 aromatic heterocycles. The Morgan fingerprint density at radius 3 is 3.11 bits per heavy atom. The van der Waals surface area contributed by atoms with Gasteiger partial charge in [0.05, 0.1) is 11.6 Å². The number of hydrogen-bond acceptors (Lipinski definition) is 3. The molecule has 0 bridgehead atoms. The molecule has 0 saturated carbocycles. The summed E-state index contributed by atoms with van der Waals surface area (Å²) in [5.41, 5.74) is 1.03. The average molecular weight is 265 g/mol. The number of rotatable bonds is 5. The first kappa shape index (κ1) is 14.1. The molecular formula is C14H23N3O2. The molecule has 0 aliphatic carbocycles. The third-order valence-corrected chi connectivity index (χ3v) is 3.95. The molecule has 5 nitrogen and oxygen atoms in total. The number of carbonyl (C=O) groups is 1. The number of nitrogens with zero attached hydrogens (tertiary/aromatic N) is 3. The SMILES string of the molecule is CCC(C)n1ccc(CN2CCCC(C(=O)O)C2)n1. The Morgan fingerprint density at radius 2 is 2.42 bits per heavy atom. The predicted molar refractivity (Wildman–Crippen MR) is 72.9 cm³/mol. The number of hydrogen-bond donors (Lipinski definition) is 1. The summed E-state index contributed by atoms with van der Waals surface area (Å²) in [6, 6.07) is 2.46. The molecule has 1 aliphatic rings. The molecule has 1 fully saturated rings. The normalized spacial score (nSPS) is 22.3. The van der Waals surface area contributed by atoms with Gasteiger partial charge in [-0.2, -0.15) is 5.10 Å². The van der Waals surface area contributed by atoms with Crippen molar-refractivity contribution in [1.82, 2.24) is 14.7 Å². The highest BCUT2D eigenvalue weighted by atomic mass is 16.4. The summed E-state index contributed by atoms with van der Waals surface area (Å²) in [6.07, 6.45) is 4.84. The molecule has 0 aromatic carbocycles. The second-order valence-corrected chi connectivity index (χ2v) is 5.46. The van der Waals surface area contributed by atoms with Crippen LogP contribution in [0.1, 0.15) is 44.8 Å². The Morgan fingerprint density at radius 1 is 1.63 bits per heavy atom. The van der Waals surface area contributed by atoms with Crippen LogP contribution in [-0.2, 0) is 11.3 Å². The van der Waals surface area contributed by atoms with Crippen molar-refractivity contribution in [1.29, 1.82) is 0 Å². The van der Waals surface area contributed by atoms with Gasteiger partial charge < -0.3 is 5.11 Å². The van der Waals surface area contributed by atoms with Crippen molar-refractivity contribution < 1.29 is 9.90 Å². The largest absolute Gasteiger partial charge is 0.481 e. The molecule has 2 rings (SSSR count). The third kappa shape index (κ3) is 3.56. The van der Waals surface area contributed by atoms with Crippen LogP contribution in [0, 0.1) is 5.92 Å². The van der Waals surface area contributed by atoms with Crippen molar-refractivity contribution in [3.05, 3.63) is 18.0 Å². The quantitative estimate of drug-likeness (QED) is 0.886. The van der Waals surface area contributed by atoms with Gasteiger partial charge in [-0.05, 0) is 38.8 Å². The lowest BCUT2D eigenvalue weighted by molar-refractivity contribution is -0.143. The number of aliphatic carboxylic acids is 1. The van der Waals surface area contributed by atoms with Gasteiger partial charge in [0.25, 0.3) is 0 Å². The van der Waals surface area contributed by atoms with E-state index >= 15 is 0 Å². The molecule has 0 radical (unpaired) electrons. The van der Waals surface area contributed by atoms with Crippen molar-refractivity contribution >= 4 is 5.97 Å². The molecule has 19 heavy (non-hydrogen) atoms. The van der Waals surface area contributed by atoms with Crippen LogP contribution in [0.3, 0.4) is 0 Å². The van der Waals surface area contributed by atoms with Crippen LogP contribution in [0.2, 0.25) is 0 Å². The molecule has 1 saturated heterocycles. The van der Waals surface area contributed by atoms with Crippen LogP contribution < -0.4 is 0 Å². The van der Waals surface area contributed by atoms with Crippen LogP contribution in [-0.4, -0.2) is 38.8 Å². The van der Waals surface area contributed by atoms with E-state index in [1.807, 2.05) is 16.9 Å². The predicted octanol–water partition coefficient (Wildman–Crippen LogP) is 2.15. The van der Waals surface area contributed by atoms with E-state index in [0.29, 0.717) is 12.6 Å². The van der Waals surface area contributed by atoms with E-state index in [9.17, 15) is 4.79 Å². The molecule has 1 N–H and O–H groups in total. The highest BCUT2D eigenvalue weighted by Crippen LogP contribution is 2.18. The third-order valence-electron chi connectivity index (χ3n) is 3.95. The van der Waals surface area contributed by atoms with Gasteiger partial charge in [-0.3, -0.25) is 14.4 Å². The number of likely N-dealkylation sites (tertiary alicyclic amines) is 1. The van der Waals surface area contributed by atoms with Crippen molar-refractivity contribution in [2.75, 3.05) is 13.1 Å². The van der Waals surface area contributed by atoms with E-state index in [1.165, 1.54) is 0 Å². The summed E-state index contributed by atoms with van der Waals surface area (Å²) < 4.78 is 1.99. The summed E-state index contributed by atoms with van der Waals surface area (Å²) in [4.78, 5) is 13.2. The lowest BCUT2D eigenvalue weighted by Gasteiger charge is -2.29. The molecule has 106 valence electrons. The van der Waals surface area contributed by atoms with Gasteiger partial charge in [-0.15, -0.1) is 0 Å². The monoisotopic (exact) mass is 265 g/mol. The van der Waals surface area contributed by atoms with Gasteiger partial charge in [-0.25, -0.2) is 0 Å². The highest BCUT2D eigenvalue weighted by molar-refractivity contribution is 5.70. The van der Waals surface area contributed by atoms with Gasteiger partial charge in [-0.1, -0.05) is 6.92 Å². The molecule has 2 atom stereocenters. The summed E-state index contributed by atoms with van der Waals surface area (Å²) in [7, 11) is 0. The zero-order valence-corrected chi connectivity index (χ0v) is 11.7. The molecule has 1 aliphatic heterocycles. The highest BCUT2D eigenvalue weighted by Gasteiger charge is 2.25. The number of carboxylic acids is 1. The lowest BCUT2D eigenvalue weighted by atomic mass is 9.98. The maximum atomic E-state index is 11.0. The summed E-state index contributed by atoms with van der Waals surface area (Å²) >= 11 is 0. The summed E-state index contributed by atoms with van der Waals surface area (Å²) in [5.74, 6) is -0.889. The van der Waals surface area contributed by atoms with Crippen molar-refractivity contribution in [2.45, 2.75) is 45.7 Å². The van der Waals surface area contributed by atoms with E-state index in [-0.39, 0.29) is 5.92 Å². The zero-order chi connectivity index (χ0) is 13.8. The first-order chi connectivity index (χ1) is 9.10. The van der Waals surface area contributed by atoms with Gasteiger partial charge in [0.2, 0.25) is 0 Å². The molecule has 2 heterocycles. The second-order valence-electron chi connectivity index (χ2n) is 5.46. The Labute approximate surface area is 114 Å². The van der Waals surface area contributed by atoms with Crippen LogP contribution >= 0.6 is 0 Å². The average Bonchev–Trinajstić information content (AvgIpc) is 2.86. The van der Waals surface area contributed by atoms with Gasteiger partial charge in [0.15, 0.2) is 0 Å². The van der Waals surface area contributed by atoms with Crippen LogP contribution in [0.15, 0.2) is 12.3 Å². The molecule has 5 heteroatoms. The van der Waals surface area contributed by atoms with E-state index in [0.717, 1.165) is 38.0 Å². The fraction of sp³-hybridized carbons (Fsp3) is 0.714. The smallest absolute Gasteiger partial charge is 0.307 e. The van der Waals surface area contributed by atoms with Crippen LogP contribution in [0.5, 0.6) is 0 Å². The maximum absolute atomic E-state index is 11.0. The summed E-state index contributed by atoms with van der Waals surface area (Å²) in [5, 5.41) is 13.7. The molecule has 0 amide bonds. The first-order valence-corrected chi connectivity index (χ1v) is 7.09. The Hall–Kier alpha value is -1.36. The topological polar surface area (TPSA) is 58.4 Å². The van der Waals surface area contributed by atoms with Crippen molar-refractivity contribution in [2.24, 2.45) is 5.92 Å². The molecule has 1 aromatic rings. The van der Waals surface area contributed by atoms with Crippen LogP contribution in [0.4, 0.5) is 0 Å². The first-order valence-electron chi connectivity index (χ1n) is 7.09. The minimum Gasteiger partial charge on any atom is -0.481 e. The van der Waals surface area contributed by atoms with E-state index in [2.05, 4.69) is 23.8 Å². The molecular weight excluding hydrogens is 242 g/mol. The second kappa shape index (κ2) is 6.19. The van der Waals surface area contributed by atoms with E-state index in [4.69, 9.17) is 5.11 Å². The molecule has 0 spiro atoms. The Kier molecular flexibility index (Phi) is 4.58. The zero-order valence-electron chi connectivity index (χ0n) is 11.7. The fourth-order valence-corrected chi connectivity index (χ4v) is 2.52. The van der Waals surface area contributed by atoms with Crippen LogP contribution in [0.25, 0.3) is 0 Å². The number of carboxylic acid groups (broad SMARTS) is 1. The van der Waals surface area contributed by atoms with Crippen molar-refractivity contribution in [3.63, 3.8) is 0 Å². The number of aromatic nitrogens is 2. The van der Waals surface area contributed by atoms with E-state index in [1.54, 1.807) is 0 Å². The lowest BCUT2D eigenvalue weighted by Crippen LogP contribution is -2.38. The Bertz CT molecular complexity index is 430. The minimum atomic E-state index is -0.671. The summed E-state index contributed by atoms with van der Waals surface area (Å²) in [6.45, 7) is 6.67. The van der Waals surface area contributed by atoms with E-state index < -0.39 is 5.97 Å². The maximum Gasteiger partial charge on any atom is 0.307 e. The standard InChI is InChI=1S/C14H23N3O2/c1-3-11(2)17-8-6-13(15-17)10-16-7-4-5-12(9-16)14(18)19/h6,8,11-12H,3-5,7,9-10H2,1-2H3,(H,18,19). The van der Waals surface area contributed by atoms with Gasteiger partial charge in [0.1, 0.15) is 0 Å². The van der Waals surface area contributed by atoms with Gasteiger partial charge >= 0.3 is 5.97 Å². The van der Waals surface area contributed by atoms with Gasteiger partial charge in [0, 0.05) is 25.3 Å². The minimum absolute atomic E-state index is 0.217. The fourth-order valence-electron chi connectivity index (χ4n) is 2.52. The van der Waals surface area contributed by atoms with Crippen molar-refractivity contribution in [3.8, 4) is 0 Å². The molecule has 2 unspecified atom stereocenters. The number of piperidine rings is 1.